The quantitative estimate of drug-likeness (QED) is 0.762. The number of benzene rings is 2. The third-order valence-electron chi connectivity index (χ3n) is 3.35. The third-order valence-corrected chi connectivity index (χ3v) is 3.35. The van der Waals surface area contributed by atoms with E-state index in [1.165, 1.54) is 12.1 Å². The Labute approximate surface area is 122 Å². The Morgan fingerprint density at radius 1 is 1.09 bits per heavy atom. The highest BCUT2D eigenvalue weighted by Crippen LogP contribution is 2.32. The van der Waals surface area contributed by atoms with Crippen LogP contribution >= 0.6 is 0 Å². The summed E-state index contributed by atoms with van der Waals surface area (Å²) < 4.78 is 37.8. The highest BCUT2D eigenvalue weighted by atomic mass is 19.4. The van der Waals surface area contributed by atoms with Crippen molar-refractivity contribution in [2.24, 2.45) is 5.73 Å². The van der Waals surface area contributed by atoms with E-state index in [0.717, 1.165) is 12.1 Å². The highest BCUT2D eigenvalue weighted by Gasteiger charge is 2.30. The van der Waals surface area contributed by atoms with Crippen LogP contribution in [0, 0.1) is 0 Å². The number of primary amides is 1. The number of nitrogens with two attached hydrogens (primary N) is 1. The van der Waals surface area contributed by atoms with E-state index in [1.807, 2.05) is 0 Å². The minimum atomic E-state index is -4.38. The molecule has 22 heavy (non-hydrogen) atoms. The van der Waals surface area contributed by atoms with Crippen molar-refractivity contribution in [2.75, 3.05) is 0 Å². The Morgan fingerprint density at radius 2 is 1.77 bits per heavy atom. The maximum atomic E-state index is 12.6. The number of nitrogens with zero attached hydrogens (tertiary/aromatic N) is 1. The zero-order chi connectivity index (χ0) is 15.9. The van der Waals surface area contributed by atoms with Crippen LogP contribution in [0.1, 0.15) is 15.9 Å². The summed E-state index contributed by atoms with van der Waals surface area (Å²) in [7, 11) is 0. The molecule has 1 amide bonds. The predicted molar refractivity (Wildman–Crippen MR) is 75.0 cm³/mol. The van der Waals surface area contributed by atoms with E-state index in [4.69, 9.17) is 5.73 Å². The van der Waals surface area contributed by atoms with Gasteiger partial charge in [0.05, 0.1) is 22.3 Å². The van der Waals surface area contributed by atoms with E-state index in [9.17, 15) is 18.0 Å². The largest absolute Gasteiger partial charge is 0.416 e. The molecule has 7 heteroatoms. The molecule has 0 aliphatic heterocycles. The number of nitrogens with one attached hydrogen (secondary N) is 1. The number of hydrogen-bond acceptors (Lipinski definition) is 2. The van der Waals surface area contributed by atoms with Gasteiger partial charge in [0.2, 0.25) is 0 Å². The Balaban J connectivity index is 2.11. The number of aromatic nitrogens is 2. The molecule has 1 aromatic heterocycles. The van der Waals surface area contributed by atoms with E-state index in [-0.39, 0.29) is 5.56 Å². The maximum absolute atomic E-state index is 12.6. The molecular formula is C15H10F3N3O. The molecule has 3 aromatic rings. The predicted octanol–water partition coefficient (Wildman–Crippen LogP) is 3.35. The molecule has 0 unspecified atom stereocenters. The van der Waals surface area contributed by atoms with Gasteiger partial charge in [-0.25, -0.2) is 0 Å². The molecule has 3 rings (SSSR count). The zero-order valence-electron chi connectivity index (χ0n) is 11.1. The molecule has 0 aliphatic rings. The Kier molecular flexibility index (Phi) is 3.13. The van der Waals surface area contributed by atoms with Gasteiger partial charge in [-0.05, 0) is 18.2 Å². The van der Waals surface area contributed by atoms with E-state index < -0.39 is 17.6 Å². The fourth-order valence-corrected chi connectivity index (χ4v) is 2.28. The summed E-state index contributed by atoms with van der Waals surface area (Å²) in [5.41, 5.74) is 6.28. The zero-order valence-corrected chi connectivity index (χ0v) is 11.1. The fourth-order valence-electron chi connectivity index (χ4n) is 2.28. The molecule has 0 saturated heterocycles. The molecular weight excluding hydrogens is 295 g/mol. The van der Waals surface area contributed by atoms with Gasteiger partial charge in [-0.15, -0.1) is 0 Å². The number of para-hydroxylation sites is 1. The van der Waals surface area contributed by atoms with Crippen molar-refractivity contribution in [3.8, 4) is 11.3 Å². The molecule has 0 aliphatic carbocycles. The average Bonchev–Trinajstić information content (AvgIpc) is 2.90. The van der Waals surface area contributed by atoms with Crippen molar-refractivity contribution in [1.29, 1.82) is 0 Å². The summed E-state index contributed by atoms with van der Waals surface area (Å²) >= 11 is 0. The topological polar surface area (TPSA) is 71.8 Å². The first-order valence-electron chi connectivity index (χ1n) is 6.32. The fraction of sp³-hybridized carbons (Fsp3) is 0.0667. The first-order chi connectivity index (χ1) is 10.4. The first kappa shape index (κ1) is 14.1. The molecule has 0 spiro atoms. The number of amides is 1. The van der Waals surface area contributed by atoms with Crippen LogP contribution in [-0.2, 0) is 6.18 Å². The van der Waals surface area contributed by atoms with Crippen LogP contribution in [0.4, 0.5) is 13.2 Å². The number of alkyl halides is 3. The molecule has 4 nitrogen and oxygen atoms in total. The summed E-state index contributed by atoms with van der Waals surface area (Å²) in [6.45, 7) is 0. The minimum absolute atomic E-state index is 0.281. The average molecular weight is 305 g/mol. The lowest BCUT2D eigenvalue weighted by Crippen LogP contribution is -2.11. The summed E-state index contributed by atoms with van der Waals surface area (Å²) in [4.78, 5) is 11.4. The van der Waals surface area contributed by atoms with Gasteiger partial charge >= 0.3 is 6.18 Å². The number of carbonyl (C=O) groups is 1. The van der Waals surface area contributed by atoms with E-state index in [0.29, 0.717) is 22.2 Å². The van der Waals surface area contributed by atoms with Crippen LogP contribution in [0.25, 0.3) is 22.2 Å². The van der Waals surface area contributed by atoms with Crippen LogP contribution in [0.2, 0.25) is 0 Å². The highest BCUT2D eigenvalue weighted by molar-refractivity contribution is 6.07. The number of fused-ring (bicyclic) bond motifs is 1. The number of hydrogen-bond donors (Lipinski definition) is 2. The summed E-state index contributed by atoms with van der Waals surface area (Å²) in [6.07, 6.45) is -4.38. The third kappa shape index (κ3) is 2.30. The van der Waals surface area contributed by atoms with Crippen LogP contribution < -0.4 is 5.73 Å². The van der Waals surface area contributed by atoms with Gasteiger partial charge < -0.3 is 5.73 Å². The van der Waals surface area contributed by atoms with Crippen molar-refractivity contribution >= 4 is 16.8 Å². The Hall–Kier alpha value is -2.83. The lowest BCUT2D eigenvalue weighted by molar-refractivity contribution is -0.137. The minimum Gasteiger partial charge on any atom is -0.366 e. The lowest BCUT2D eigenvalue weighted by atomic mass is 10.0. The summed E-state index contributed by atoms with van der Waals surface area (Å²) in [5.74, 6) is -0.604. The molecule has 0 atom stereocenters. The first-order valence-corrected chi connectivity index (χ1v) is 6.32. The van der Waals surface area contributed by atoms with Gasteiger partial charge in [-0.3, -0.25) is 9.89 Å². The Bertz CT molecular complexity index is 851. The van der Waals surface area contributed by atoms with Crippen molar-refractivity contribution < 1.29 is 18.0 Å². The monoisotopic (exact) mass is 305 g/mol. The van der Waals surface area contributed by atoms with Crippen LogP contribution in [0.3, 0.4) is 0 Å². The lowest BCUT2D eigenvalue weighted by Gasteiger charge is -2.06. The van der Waals surface area contributed by atoms with Gasteiger partial charge in [0.15, 0.2) is 0 Å². The van der Waals surface area contributed by atoms with Gasteiger partial charge in [-0.2, -0.15) is 18.3 Å². The van der Waals surface area contributed by atoms with Gasteiger partial charge in [0.1, 0.15) is 0 Å². The van der Waals surface area contributed by atoms with Crippen molar-refractivity contribution in [2.45, 2.75) is 6.18 Å². The van der Waals surface area contributed by atoms with Gasteiger partial charge in [0, 0.05) is 10.9 Å². The molecule has 3 N–H and O–H groups in total. The normalized spacial score (nSPS) is 11.8. The maximum Gasteiger partial charge on any atom is 0.416 e. The number of carbonyl (C=O) groups excluding carboxylic acids is 1. The number of H-pyrrole nitrogens is 1. The molecule has 112 valence electrons. The molecule has 1 heterocycles. The summed E-state index contributed by atoms with van der Waals surface area (Å²) in [6, 6.07) is 9.59. The smallest absolute Gasteiger partial charge is 0.366 e. The van der Waals surface area contributed by atoms with Gasteiger partial charge in [-0.1, -0.05) is 24.3 Å². The van der Waals surface area contributed by atoms with E-state index in [1.54, 1.807) is 18.2 Å². The van der Waals surface area contributed by atoms with E-state index >= 15 is 0 Å². The second-order valence-electron chi connectivity index (χ2n) is 4.74. The van der Waals surface area contributed by atoms with Gasteiger partial charge in [0.25, 0.3) is 5.91 Å². The second-order valence-corrected chi connectivity index (χ2v) is 4.74. The molecule has 0 radical (unpaired) electrons. The Morgan fingerprint density at radius 3 is 2.36 bits per heavy atom. The molecule has 0 saturated carbocycles. The van der Waals surface area contributed by atoms with Crippen molar-refractivity contribution in [3.63, 3.8) is 0 Å². The number of halogens is 3. The van der Waals surface area contributed by atoms with Crippen molar-refractivity contribution in [3.05, 3.63) is 53.6 Å². The SMILES string of the molecule is NC(=O)c1cccc2c(-c3ccc(C(F)(F)F)cc3)n[nH]c12. The number of rotatable bonds is 2. The van der Waals surface area contributed by atoms with Crippen molar-refractivity contribution in [1.82, 2.24) is 10.2 Å². The molecule has 0 fully saturated rings. The standard InChI is InChI=1S/C15H10F3N3O/c16-15(17,18)9-6-4-8(5-7-9)12-10-2-1-3-11(14(19)22)13(10)21-20-12/h1-7H,(H2,19,22)(H,20,21). The van der Waals surface area contributed by atoms with Crippen LogP contribution in [0.15, 0.2) is 42.5 Å². The second kappa shape index (κ2) is 4.87. The van der Waals surface area contributed by atoms with Crippen LogP contribution in [0.5, 0.6) is 0 Å². The molecule has 0 bridgehead atoms. The summed E-state index contributed by atoms with van der Waals surface area (Å²) in [5, 5.41) is 7.42. The van der Waals surface area contributed by atoms with Crippen LogP contribution in [-0.4, -0.2) is 16.1 Å². The van der Waals surface area contributed by atoms with E-state index in [2.05, 4.69) is 10.2 Å². The molecule has 2 aromatic carbocycles. The number of aromatic amines is 1.